The van der Waals surface area contributed by atoms with Crippen LogP contribution in [0.15, 0.2) is 18.2 Å². The van der Waals surface area contributed by atoms with Gasteiger partial charge in [-0.05, 0) is 31.0 Å². The van der Waals surface area contributed by atoms with Crippen LogP contribution in [-0.2, 0) is 16.6 Å². The van der Waals surface area contributed by atoms with Crippen molar-refractivity contribution in [1.29, 1.82) is 0 Å². The highest BCUT2D eigenvalue weighted by atomic mass is 32.2. The Balaban J connectivity index is 1.86. The van der Waals surface area contributed by atoms with Crippen LogP contribution in [0.5, 0.6) is 0 Å². The highest BCUT2D eigenvalue weighted by Gasteiger charge is 2.26. The van der Waals surface area contributed by atoms with Crippen LogP contribution in [-0.4, -0.2) is 44.1 Å². The van der Waals surface area contributed by atoms with Crippen molar-refractivity contribution in [2.24, 2.45) is 0 Å². The molecular weight excluding hydrogens is 328 g/mol. The maximum absolute atomic E-state index is 13.4. The lowest BCUT2D eigenvalue weighted by Crippen LogP contribution is -2.51. The van der Waals surface area contributed by atoms with Gasteiger partial charge in [0.2, 0.25) is 10.0 Å². The summed E-state index contributed by atoms with van der Waals surface area (Å²) in [4.78, 5) is 11.8. The van der Waals surface area contributed by atoms with E-state index in [-0.39, 0.29) is 24.7 Å². The predicted octanol–water partition coefficient (Wildman–Crippen LogP) is 1.19. The Morgan fingerprint density at radius 3 is 2.83 bits per heavy atom. The number of carbonyl (C=O) groups excluding carboxylic acids is 1. The molecule has 1 aromatic rings. The molecule has 9 heteroatoms. The van der Waals surface area contributed by atoms with E-state index in [1.807, 2.05) is 0 Å². The minimum Gasteiger partial charge on any atom is -0.334 e. The summed E-state index contributed by atoms with van der Waals surface area (Å²) >= 11 is 0. The smallest absolute Gasteiger partial charge is 0.315 e. The quantitative estimate of drug-likeness (QED) is 0.859. The number of rotatable bonds is 4. The molecule has 0 radical (unpaired) electrons. The summed E-state index contributed by atoms with van der Waals surface area (Å²) in [7, 11) is -3.29. The Kier molecular flexibility index (Phi) is 5.53. The van der Waals surface area contributed by atoms with Gasteiger partial charge in [0.05, 0.1) is 6.26 Å². The van der Waals surface area contributed by atoms with Gasteiger partial charge in [-0.3, -0.25) is 0 Å². The molecule has 0 saturated carbocycles. The molecule has 2 N–H and O–H groups in total. The van der Waals surface area contributed by atoms with Crippen LogP contribution in [0.4, 0.5) is 13.6 Å². The van der Waals surface area contributed by atoms with E-state index in [4.69, 9.17) is 0 Å². The van der Waals surface area contributed by atoms with Crippen molar-refractivity contribution in [3.63, 3.8) is 0 Å². The molecule has 1 aromatic carbocycles. The van der Waals surface area contributed by atoms with Crippen LogP contribution >= 0.6 is 0 Å². The topological polar surface area (TPSA) is 78.5 Å². The average molecular weight is 347 g/mol. The first-order valence-electron chi connectivity index (χ1n) is 7.19. The van der Waals surface area contributed by atoms with Gasteiger partial charge in [-0.2, -0.15) is 0 Å². The molecular formula is C14H19F2N3O3S. The lowest BCUT2D eigenvalue weighted by atomic mass is 10.1. The van der Waals surface area contributed by atoms with Gasteiger partial charge in [0.15, 0.2) is 0 Å². The predicted molar refractivity (Wildman–Crippen MR) is 81.2 cm³/mol. The first-order valence-corrected chi connectivity index (χ1v) is 9.04. The second-order valence-electron chi connectivity index (χ2n) is 5.52. The van der Waals surface area contributed by atoms with Crippen molar-refractivity contribution in [2.45, 2.75) is 25.4 Å². The number of nitrogens with one attached hydrogen (secondary N) is 2. The van der Waals surface area contributed by atoms with E-state index in [2.05, 4.69) is 10.6 Å². The van der Waals surface area contributed by atoms with E-state index < -0.39 is 27.7 Å². The SMILES string of the molecule is CS(=O)(=O)N1CCCC(NC(=O)NCc2cc(F)ccc2F)C1. The Hall–Kier alpha value is -1.74. The maximum atomic E-state index is 13.4. The van der Waals surface area contributed by atoms with Gasteiger partial charge >= 0.3 is 6.03 Å². The summed E-state index contributed by atoms with van der Waals surface area (Å²) < 4.78 is 50.8. The fourth-order valence-electron chi connectivity index (χ4n) is 2.45. The number of carbonyl (C=O) groups is 1. The molecule has 2 amide bonds. The molecule has 0 bridgehead atoms. The fraction of sp³-hybridized carbons (Fsp3) is 0.500. The Labute approximate surface area is 133 Å². The highest BCUT2D eigenvalue weighted by molar-refractivity contribution is 7.88. The van der Waals surface area contributed by atoms with Crippen molar-refractivity contribution in [3.05, 3.63) is 35.4 Å². The number of benzene rings is 1. The van der Waals surface area contributed by atoms with Crippen LogP contribution in [0, 0.1) is 11.6 Å². The van der Waals surface area contributed by atoms with Gasteiger partial charge in [0, 0.05) is 31.2 Å². The van der Waals surface area contributed by atoms with Crippen LogP contribution < -0.4 is 10.6 Å². The molecule has 1 atom stereocenters. The summed E-state index contributed by atoms with van der Waals surface area (Å²) in [6, 6.07) is 2.15. The maximum Gasteiger partial charge on any atom is 0.315 e. The third kappa shape index (κ3) is 5.14. The number of sulfonamides is 1. The molecule has 1 heterocycles. The van der Waals surface area contributed by atoms with E-state index in [0.29, 0.717) is 19.4 Å². The fourth-order valence-corrected chi connectivity index (χ4v) is 3.36. The molecule has 1 aliphatic rings. The van der Waals surface area contributed by atoms with Crippen molar-refractivity contribution in [1.82, 2.24) is 14.9 Å². The third-order valence-electron chi connectivity index (χ3n) is 3.64. The number of hydrogen-bond donors (Lipinski definition) is 2. The van der Waals surface area contributed by atoms with E-state index in [0.717, 1.165) is 24.5 Å². The van der Waals surface area contributed by atoms with Crippen LogP contribution in [0.25, 0.3) is 0 Å². The lowest BCUT2D eigenvalue weighted by molar-refractivity contribution is 0.225. The van der Waals surface area contributed by atoms with E-state index >= 15 is 0 Å². The zero-order chi connectivity index (χ0) is 17.0. The van der Waals surface area contributed by atoms with E-state index in [1.165, 1.54) is 4.31 Å². The first-order chi connectivity index (χ1) is 10.8. The van der Waals surface area contributed by atoms with E-state index in [1.54, 1.807) is 0 Å². The summed E-state index contributed by atoms with van der Waals surface area (Å²) in [5.74, 6) is -1.19. The minimum atomic E-state index is -3.29. The molecule has 6 nitrogen and oxygen atoms in total. The van der Waals surface area contributed by atoms with Gasteiger partial charge in [-0.25, -0.2) is 26.3 Å². The number of piperidine rings is 1. The van der Waals surface area contributed by atoms with Crippen LogP contribution in [0.2, 0.25) is 0 Å². The van der Waals surface area contributed by atoms with E-state index in [9.17, 15) is 22.0 Å². The Bertz CT molecular complexity index is 682. The van der Waals surface area contributed by atoms with Crippen molar-refractivity contribution >= 4 is 16.1 Å². The largest absolute Gasteiger partial charge is 0.334 e. The van der Waals surface area contributed by atoms with Gasteiger partial charge < -0.3 is 10.6 Å². The average Bonchev–Trinajstić information content (AvgIpc) is 2.47. The summed E-state index contributed by atoms with van der Waals surface area (Å²) in [6.07, 6.45) is 2.44. The molecule has 0 spiro atoms. The second kappa shape index (κ2) is 7.22. The molecule has 1 aliphatic heterocycles. The summed E-state index contributed by atoms with van der Waals surface area (Å²) in [5, 5.41) is 5.10. The van der Waals surface area contributed by atoms with Gasteiger partial charge in [-0.15, -0.1) is 0 Å². The van der Waals surface area contributed by atoms with Crippen molar-refractivity contribution in [3.8, 4) is 0 Å². The standard InChI is InChI=1S/C14H19F2N3O3S/c1-23(21,22)19-6-2-3-12(9-19)18-14(20)17-8-10-7-11(15)4-5-13(10)16/h4-5,7,12H,2-3,6,8-9H2,1H3,(H2,17,18,20). The molecule has 128 valence electrons. The lowest BCUT2D eigenvalue weighted by Gasteiger charge is -2.31. The number of halogens is 2. The highest BCUT2D eigenvalue weighted by Crippen LogP contribution is 2.13. The molecule has 1 fully saturated rings. The van der Waals surface area contributed by atoms with Crippen molar-refractivity contribution in [2.75, 3.05) is 19.3 Å². The summed E-state index contributed by atoms with van der Waals surface area (Å²) in [6.45, 7) is 0.492. The zero-order valence-electron chi connectivity index (χ0n) is 12.7. The molecule has 0 aromatic heterocycles. The molecule has 1 unspecified atom stereocenters. The van der Waals surface area contributed by atoms with Gasteiger partial charge in [-0.1, -0.05) is 0 Å². The Morgan fingerprint density at radius 2 is 2.13 bits per heavy atom. The normalized spacial score (nSPS) is 19.3. The monoisotopic (exact) mass is 347 g/mol. The van der Waals surface area contributed by atoms with Gasteiger partial charge in [0.1, 0.15) is 11.6 Å². The number of hydrogen-bond acceptors (Lipinski definition) is 3. The molecule has 1 saturated heterocycles. The van der Waals surface area contributed by atoms with Crippen LogP contribution in [0.1, 0.15) is 18.4 Å². The molecule has 23 heavy (non-hydrogen) atoms. The second-order valence-corrected chi connectivity index (χ2v) is 7.51. The third-order valence-corrected chi connectivity index (χ3v) is 4.91. The number of urea groups is 1. The van der Waals surface area contributed by atoms with Gasteiger partial charge in [0.25, 0.3) is 0 Å². The molecule has 0 aliphatic carbocycles. The minimum absolute atomic E-state index is 0.0431. The van der Waals surface area contributed by atoms with Crippen molar-refractivity contribution < 1.29 is 22.0 Å². The first kappa shape index (κ1) is 17.6. The van der Waals surface area contributed by atoms with Crippen LogP contribution in [0.3, 0.4) is 0 Å². The number of nitrogens with zero attached hydrogens (tertiary/aromatic N) is 1. The Morgan fingerprint density at radius 1 is 1.39 bits per heavy atom. The zero-order valence-corrected chi connectivity index (χ0v) is 13.5. The molecule has 2 rings (SSSR count). The summed E-state index contributed by atoms with van der Waals surface area (Å²) in [5.41, 5.74) is 0.0431. The number of amides is 2.